The summed E-state index contributed by atoms with van der Waals surface area (Å²) in [6.45, 7) is 2.58. The van der Waals surface area contributed by atoms with Crippen LogP contribution in [0.3, 0.4) is 0 Å². The minimum absolute atomic E-state index is 0.524. The van der Waals surface area contributed by atoms with Gasteiger partial charge in [0.25, 0.3) is 0 Å². The van der Waals surface area contributed by atoms with Crippen LogP contribution in [0, 0.1) is 6.92 Å². The van der Waals surface area contributed by atoms with Gasteiger partial charge in [-0.2, -0.15) is 0 Å². The van der Waals surface area contributed by atoms with Gasteiger partial charge in [-0.1, -0.05) is 29.8 Å². The Balaban J connectivity index is 1.78. The number of fused-ring (bicyclic) bond motifs is 1. The van der Waals surface area contributed by atoms with Crippen LogP contribution in [0.25, 0.3) is 10.9 Å². The van der Waals surface area contributed by atoms with E-state index in [1.807, 2.05) is 36.4 Å². The van der Waals surface area contributed by atoms with Crippen LogP contribution in [-0.2, 0) is 6.61 Å². The van der Waals surface area contributed by atoms with E-state index < -0.39 is 0 Å². The van der Waals surface area contributed by atoms with Gasteiger partial charge >= 0.3 is 0 Å². The average Bonchev–Trinajstić information content (AvgIpc) is 2.78. The minimum Gasteiger partial charge on any atom is -0.487 e. The molecule has 0 aliphatic heterocycles. The first-order valence-electron chi connectivity index (χ1n) is 6.17. The number of hydrogen-bond acceptors (Lipinski definition) is 1. The lowest BCUT2D eigenvalue weighted by Crippen LogP contribution is -1.95. The highest BCUT2D eigenvalue weighted by atomic mass is 35.5. The number of ether oxygens (including phenoxy) is 1. The first-order valence-corrected chi connectivity index (χ1v) is 6.55. The molecule has 0 amide bonds. The Hall–Kier alpha value is -1.93. The van der Waals surface area contributed by atoms with Crippen LogP contribution in [0.2, 0.25) is 5.02 Å². The number of nitrogens with one attached hydrogen (secondary N) is 1. The molecule has 19 heavy (non-hydrogen) atoms. The number of halogens is 1. The van der Waals surface area contributed by atoms with Gasteiger partial charge in [0, 0.05) is 10.5 Å². The number of hydrogen-bond donors (Lipinski definition) is 1. The second-order valence-electron chi connectivity index (χ2n) is 4.63. The first-order chi connectivity index (χ1) is 9.20. The Morgan fingerprint density at radius 2 is 2.00 bits per heavy atom. The van der Waals surface area contributed by atoms with Crippen molar-refractivity contribution in [2.75, 3.05) is 0 Å². The van der Waals surface area contributed by atoms with Crippen molar-refractivity contribution in [3.63, 3.8) is 0 Å². The number of H-pyrrole nitrogens is 1. The van der Waals surface area contributed by atoms with Gasteiger partial charge in [0.05, 0.1) is 5.69 Å². The summed E-state index contributed by atoms with van der Waals surface area (Å²) in [6.07, 6.45) is 0. The molecule has 2 nitrogen and oxygen atoms in total. The standard InChI is InChI=1S/C16H14ClNO/c1-11-3-2-4-15(7-11)19-10-14-8-12-5-6-13(17)9-16(12)18-14/h2-9,18H,10H2,1H3. The molecule has 0 aliphatic rings. The van der Waals surface area contributed by atoms with Crippen LogP contribution < -0.4 is 4.74 Å². The number of aromatic amines is 1. The maximum absolute atomic E-state index is 5.97. The van der Waals surface area contributed by atoms with Gasteiger partial charge in [-0.05, 0) is 48.2 Å². The molecule has 0 aliphatic carbocycles. The zero-order chi connectivity index (χ0) is 13.2. The monoisotopic (exact) mass is 271 g/mol. The molecule has 1 heterocycles. The topological polar surface area (TPSA) is 25.0 Å². The smallest absolute Gasteiger partial charge is 0.128 e. The van der Waals surface area contributed by atoms with Gasteiger partial charge in [-0.3, -0.25) is 0 Å². The number of aromatic nitrogens is 1. The molecule has 0 radical (unpaired) electrons. The fraction of sp³-hybridized carbons (Fsp3) is 0.125. The Kier molecular flexibility index (Phi) is 3.18. The quantitative estimate of drug-likeness (QED) is 0.733. The molecular formula is C16H14ClNO. The largest absolute Gasteiger partial charge is 0.487 e. The lowest BCUT2D eigenvalue weighted by Gasteiger charge is -2.05. The van der Waals surface area contributed by atoms with Gasteiger partial charge in [0.15, 0.2) is 0 Å². The maximum atomic E-state index is 5.97. The summed E-state index contributed by atoms with van der Waals surface area (Å²) in [7, 11) is 0. The summed E-state index contributed by atoms with van der Waals surface area (Å²) < 4.78 is 5.77. The van der Waals surface area contributed by atoms with E-state index >= 15 is 0 Å². The SMILES string of the molecule is Cc1cccc(OCc2cc3ccc(Cl)cc3[nH]2)c1. The minimum atomic E-state index is 0.524. The van der Waals surface area contributed by atoms with Crippen molar-refractivity contribution in [3.8, 4) is 5.75 Å². The summed E-state index contributed by atoms with van der Waals surface area (Å²) in [4.78, 5) is 3.31. The van der Waals surface area contributed by atoms with E-state index in [1.54, 1.807) is 0 Å². The average molecular weight is 272 g/mol. The molecule has 0 spiro atoms. The molecule has 0 saturated heterocycles. The molecule has 0 unspecified atom stereocenters. The van der Waals surface area contributed by atoms with Crippen molar-refractivity contribution in [3.05, 3.63) is 64.8 Å². The molecule has 1 N–H and O–H groups in total. The van der Waals surface area contributed by atoms with Gasteiger partial charge < -0.3 is 9.72 Å². The van der Waals surface area contributed by atoms with Gasteiger partial charge in [-0.25, -0.2) is 0 Å². The van der Waals surface area contributed by atoms with Crippen molar-refractivity contribution < 1.29 is 4.74 Å². The fourth-order valence-electron chi connectivity index (χ4n) is 2.10. The summed E-state index contributed by atoms with van der Waals surface area (Å²) in [6, 6.07) is 15.9. The highest BCUT2D eigenvalue weighted by molar-refractivity contribution is 6.31. The molecule has 0 bridgehead atoms. The maximum Gasteiger partial charge on any atom is 0.128 e. The molecule has 3 heteroatoms. The van der Waals surface area contributed by atoms with Gasteiger partial charge in [-0.15, -0.1) is 0 Å². The third-order valence-electron chi connectivity index (χ3n) is 3.02. The van der Waals surface area contributed by atoms with E-state index in [9.17, 15) is 0 Å². The molecule has 3 rings (SSSR count). The third-order valence-corrected chi connectivity index (χ3v) is 3.26. The summed E-state index contributed by atoms with van der Waals surface area (Å²) in [5, 5.41) is 1.88. The van der Waals surface area contributed by atoms with Crippen molar-refractivity contribution in [2.45, 2.75) is 13.5 Å². The van der Waals surface area contributed by atoms with Crippen LogP contribution in [0.5, 0.6) is 5.75 Å². The summed E-state index contributed by atoms with van der Waals surface area (Å²) >= 11 is 5.97. The normalized spacial score (nSPS) is 10.8. The third kappa shape index (κ3) is 2.74. The van der Waals surface area contributed by atoms with Crippen LogP contribution >= 0.6 is 11.6 Å². The lowest BCUT2D eigenvalue weighted by atomic mass is 10.2. The molecule has 2 aromatic carbocycles. The second kappa shape index (κ2) is 4.98. The molecular weight excluding hydrogens is 258 g/mol. The zero-order valence-corrected chi connectivity index (χ0v) is 11.4. The van der Waals surface area contributed by atoms with Gasteiger partial charge in [0.2, 0.25) is 0 Å². The Bertz CT molecular complexity index is 718. The van der Waals surface area contributed by atoms with Crippen LogP contribution in [0.4, 0.5) is 0 Å². The highest BCUT2D eigenvalue weighted by Gasteiger charge is 2.02. The Labute approximate surface area is 117 Å². The van der Waals surface area contributed by atoms with E-state index in [-0.39, 0.29) is 0 Å². The first kappa shape index (κ1) is 12.1. The predicted octanol–water partition coefficient (Wildman–Crippen LogP) is 4.71. The van der Waals surface area contributed by atoms with Crippen LogP contribution in [-0.4, -0.2) is 4.98 Å². The molecule has 0 atom stereocenters. The van der Waals surface area contributed by atoms with Crippen molar-refractivity contribution in [1.82, 2.24) is 4.98 Å². The van der Waals surface area contributed by atoms with Crippen molar-refractivity contribution in [1.29, 1.82) is 0 Å². The predicted molar refractivity (Wildman–Crippen MR) is 78.8 cm³/mol. The van der Waals surface area contributed by atoms with E-state index in [0.29, 0.717) is 6.61 Å². The van der Waals surface area contributed by atoms with Crippen LogP contribution in [0.1, 0.15) is 11.3 Å². The summed E-state index contributed by atoms with van der Waals surface area (Å²) in [5.41, 5.74) is 3.27. The molecule has 3 aromatic rings. The van der Waals surface area contributed by atoms with Crippen molar-refractivity contribution >= 4 is 22.5 Å². The van der Waals surface area contributed by atoms with Crippen LogP contribution in [0.15, 0.2) is 48.5 Å². The van der Waals surface area contributed by atoms with E-state index in [4.69, 9.17) is 16.3 Å². The number of benzene rings is 2. The molecule has 1 aromatic heterocycles. The molecule has 96 valence electrons. The lowest BCUT2D eigenvalue weighted by molar-refractivity contribution is 0.302. The summed E-state index contributed by atoms with van der Waals surface area (Å²) in [5.74, 6) is 0.886. The number of aryl methyl sites for hydroxylation is 1. The van der Waals surface area contributed by atoms with Gasteiger partial charge in [0.1, 0.15) is 12.4 Å². The zero-order valence-electron chi connectivity index (χ0n) is 10.6. The number of rotatable bonds is 3. The Morgan fingerprint density at radius 3 is 2.84 bits per heavy atom. The fourth-order valence-corrected chi connectivity index (χ4v) is 2.28. The van der Waals surface area contributed by atoms with E-state index in [2.05, 4.69) is 24.0 Å². The molecule has 0 saturated carbocycles. The molecule has 0 fully saturated rings. The Morgan fingerprint density at radius 1 is 1.11 bits per heavy atom. The van der Waals surface area contributed by atoms with Crippen molar-refractivity contribution in [2.24, 2.45) is 0 Å². The van der Waals surface area contributed by atoms with E-state index in [1.165, 1.54) is 5.56 Å². The highest BCUT2D eigenvalue weighted by Crippen LogP contribution is 2.21. The second-order valence-corrected chi connectivity index (χ2v) is 5.07. The van der Waals surface area contributed by atoms with E-state index in [0.717, 1.165) is 27.4 Å².